The summed E-state index contributed by atoms with van der Waals surface area (Å²) < 4.78 is 21.9. The van der Waals surface area contributed by atoms with Gasteiger partial charge in [0.05, 0.1) is 10.9 Å². The molecule has 7 nitrogen and oxygen atoms in total. The number of carbonyl (C=O) groups excluding carboxylic acids is 1. The topological polar surface area (TPSA) is 78.2 Å². The molecule has 2 aromatic carbocycles. The minimum Gasteiger partial charge on any atom is -0.486 e. The van der Waals surface area contributed by atoms with Crippen molar-refractivity contribution in [1.82, 2.24) is 4.90 Å². The van der Waals surface area contributed by atoms with Gasteiger partial charge in [0.15, 0.2) is 16.9 Å². The Morgan fingerprint density at radius 1 is 1.04 bits per heavy atom. The SMILES string of the molecule is CN(C)C(=O)Oc1ccc2c(=O)c(-c3ccc4c(c3)OCCO4)coc2c1. The Balaban J connectivity index is 1.72. The Kier molecular flexibility index (Phi) is 4.19. The lowest BCUT2D eigenvalue weighted by Crippen LogP contribution is -2.25. The van der Waals surface area contributed by atoms with Crippen molar-refractivity contribution in [2.75, 3.05) is 27.3 Å². The van der Waals surface area contributed by atoms with Gasteiger partial charge < -0.3 is 23.5 Å². The van der Waals surface area contributed by atoms with E-state index in [0.29, 0.717) is 52.6 Å². The van der Waals surface area contributed by atoms with Gasteiger partial charge in [-0.3, -0.25) is 4.79 Å². The van der Waals surface area contributed by atoms with Crippen molar-refractivity contribution in [3.8, 4) is 28.4 Å². The minimum atomic E-state index is -0.510. The van der Waals surface area contributed by atoms with E-state index in [1.54, 1.807) is 44.4 Å². The van der Waals surface area contributed by atoms with Crippen molar-refractivity contribution in [2.45, 2.75) is 0 Å². The van der Waals surface area contributed by atoms with Gasteiger partial charge in [-0.2, -0.15) is 0 Å². The van der Waals surface area contributed by atoms with E-state index in [9.17, 15) is 9.59 Å². The van der Waals surface area contributed by atoms with E-state index in [2.05, 4.69) is 0 Å². The Labute approximate surface area is 154 Å². The van der Waals surface area contributed by atoms with E-state index < -0.39 is 6.09 Å². The molecule has 2 heterocycles. The van der Waals surface area contributed by atoms with Crippen LogP contribution in [0.3, 0.4) is 0 Å². The van der Waals surface area contributed by atoms with Crippen molar-refractivity contribution in [3.05, 3.63) is 52.9 Å². The maximum atomic E-state index is 12.9. The zero-order valence-electron chi connectivity index (χ0n) is 14.9. The molecule has 0 atom stereocenters. The highest BCUT2D eigenvalue weighted by molar-refractivity contribution is 5.83. The Bertz CT molecular complexity index is 1090. The quantitative estimate of drug-likeness (QED) is 0.692. The fourth-order valence-corrected chi connectivity index (χ4v) is 2.77. The van der Waals surface area contributed by atoms with Gasteiger partial charge in [0.25, 0.3) is 0 Å². The summed E-state index contributed by atoms with van der Waals surface area (Å²) in [7, 11) is 3.17. The number of ether oxygens (including phenoxy) is 3. The van der Waals surface area contributed by atoms with Crippen molar-refractivity contribution < 1.29 is 23.4 Å². The molecule has 0 saturated carbocycles. The largest absolute Gasteiger partial charge is 0.486 e. The van der Waals surface area contributed by atoms with Gasteiger partial charge >= 0.3 is 6.09 Å². The molecule has 4 rings (SSSR count). The number of hydrogen-bond acceptors (Lipinski definition) is 6. The highest BCUT2D eigenvalue weighted by Crippen LogP contribution is 2.34. The van der Waals surface area contributed by atoms with Gasteiger partial charge in [-0.05, 0) is 29.8 Å². The summed E-state index contributed by atoms with van der Waals surface area (Å²) in [5, 5.41) is 0.395. The molecule has 0 spiro atoms. The first-order chi connectivity index (χ1) is 13.0. The molecule has 0 aliphatic carbocycles. The Morgan fingerprint density at radius 2 is 1.81 bits per heavy atom. The number of benzene rings is 2. The number of rotatable bonds is 2. The van der Waals surface area contributed by atoms with E-state index in [1.807, 2.05) is 0 Å². The maximum absolute atomic E-state index is 12.9. The summed E-state index contributed by atoms with van der Waals surface area (Å²) in [6.45, 7) is 0.975. The van der Waals surface area contributed by atoms with Crippen LogP contribution in [0.15, 0.2) is 51.9 Å². The van der Waals surface area contributed by atoms with Crippen LogP contribution in [0.4, 0.5) is 4.79 Å². The van der Waals surface area contributed by atoms with Crippen LogP contribution in [0.5, 0.6) is 17.2 Å². The number of fused-ring (bicyclic) bond motifs is 2. The molecule has 0 N–H and O–H groups in total. The van der Waals surface area contributed by atoms with Crippen molar-refractivity contribution in [3.63, 3.8) is 0 Å². The number of hydrogen-bond donors (Lipinski definition) is 0. The van der Waals surface area contributed by atoms with Crippen LogP contribution in [0.2, 0.25) is 0 Å². The average Bonchev–Trinajstić information content (AvgIpc) is 2.68. The first-order valence-corrected chi connectivity index (χ1v) is 8.37. The first-order valence-electron chi connectivity index (χ1n) is 8.37. The van der Waals surface area contributed by atoms with Crippen LogP contribution < -0.4 is 19.6 Å². The van der Waals surface area contributed by atoms with Gasteiger partial charge in [-0.25, -0.2) is 4.79 Å². The van der Waals surface area contributed by atoms with Crippen LogP contribution in [-0.2, 0) is 0 Å². The summed E-state index contributed by atoms with van der Waals surface area (Å²) in [6.07, 6.45) is 0.887. The Morgan fingerprint density at radius 3 is 2.59 bits per heavy atom. The second-order valence-corrected chi connectivity index (χ2v) is 6.26. The van der Waals surface area contributed by atoms with Crippen molar-refractivity contribution >= 4 is 17.1 Å². The van der Waals surface area contributed by atoms with E-state index >= 15 is 0 Å². The average molecular weight is 367 g/mol. The number of carbonyl (C=O) groups is 1. The van der Waals surface area contributed by atoms with Gasteiger partial charge in [0.1, 0.15) is 30.8 Å². The fourth-order valence-electron chi connectivity index (χ4n) is 2.77. The molecular weight excluding hydrogens is 350 g/mol. The smallest absolute Gasteiger partial charge is 0.414 e. The van der Waals surface area contributed by atoms with Crippen LogP contribution in [0, 0.1) is 0 Å². The molecule has 0 unspecified atom stereocenters. The minimum absolute atomic E-state index is 0.182. The highest BCUT2D eigenvalue weighted by Gasteiger charge is 2.16. The highest BCUT2D eigenvalue weighted by atomic mass is 16.6. The summed E-state index contributed by atoms with van der Waals surface area (Å²) in [6, 6.07) is 10.00. The maximum Gasteiger partial charge on any atom is 0.414 e. The molecule has 7 heteroatoms. The molecule has 0 bridgehead atoms. The molecule has 1 amide bonds. The molecule has 1 aliphatic heterocycles. The van der Waals surface area contributed by atoms with Gasteiger partial charge in [0, 0.05) is 20.2 Å². The molecule has 0 saturated heterocycles. The second kappa shape index (κ2) is 6.68. The van der Waals surface area contributed by atoms with Crippen molar-refractivity contribution in [1.29, 1.82) is 0 Å². The predicted molar refractivity (Wildman–Crippen MR) is 98.6 cm³/mol. The Hall–Kier alpha value is -3.48. The molecule has 138 valence electrons. The lowest BCUT2D eigenvalue weighted by Gasteiger charge is -2.18. The normalized spacial score (nSPS) is 12.7. The third-order valence-corrected chi connectivity index (χ3v) is 4.17. The molecule has 3 aromatic rings. The molecule has 27 heavy (non-hydrogen) atoms. The molecule has 1 aromatic heterocycles. The zero-order chi connectivity index (χ0) is 19.0. The first kappa shape index (κ1) is 17.0. The van der Waals surface area contributed by atoms with Crippen LogP contribution in [0.25, 0.3) is 22.1 Å². The predicted octanol–water partition coefficient (Wildman–Crippen LogP) is 3.29. The third kappa shape index (κ3) is 3.19. The third-order valence-electron chi connectivity index (χ3n) is 4.17. The van der Waals surface area contributed by atoms with Gasteiger partial charge in [0.2, 0.25) is 0 Å². The lowest BCUT2D eigenvalue weighted by molar-refractivity contribution is 0.171. The van der Waals surface area contributed by atoms with E-state index in [0.717, 1.165) is 0 Å². The second-order valence-electron chi connectivity index (χ2n) is 6.26. The number of amides is 1. The fraction of sp³-hybridized carbons (Fsp3) is 0.200. The summed E-state index contributed by atoms with van der Waals surface area (Å²) >= 11 is 0. The zero-order valence-corrected chi connectivity index (χ0v) is 14.9. The molecule has 0 fully saturated rings. The standard InChI is InChI=1S/C20H17NO6/c1-21(2)20(23)27-13-4-5-14-17(10-13)26-11-15(19(14)22)12-3-6-16-18(9-12)25-8-7-24-16/h3-6,9-11H,7-8H2,1-2H3. The van der Waals surface area contributed by atoms with Crippen LogP contribution in [0.1, 0.15) is 0 Å². The van der Waals surface area contributed by atoms with Gasteiger partial charge in [-0.15, -0.1) is 0 Å². The molecule has 0 radical (unpaired) electrons. The van der Waals surface area contributed by atoms with E-state index in [4.69, 9.17) is 18.6 Å². The molecular formula is C20H17NO6. The lowest BCUT2D eigenvalue weighted by atomic mass is 10.0. The van der Waals surface area contributed by atoms with E-state index in [-0.39, 0.29) is 5.43 Å². The summed E-state index contributed by atoms with van der Waals surface area (Å²) in [5.74, 6) is 1.56. The monoisotopic (exact) mass is 367 g/mol. The summed E-state index contributed by atoms with van der Waals surface area (Å²) in [5.41, 5.74) is 1.25. The van der Waals surface area contributed by atoms with Crippen LogP contribution >= 0.6 is 0 Å². The van der Waals surface area contributed by atoms with Gasteiger partial charge in [-0.1, -0.05) is 6.07 Å². The van der Waals surface area contributed by atoms with Crippen molar-refractivity contribution in [2.24, 2.45) is 0 Å². The van der Waals surface area contributed by atoms with E-state index in [1.165, 1.54) is 17.2 Å². The molecule has 1 aliphatic rings. The number of nitrogens with zero attached hydrogens (tertiary/aromatic N) is 1. The summed E-state index contributed by atoms with van der Waals surface area (Å²) in [4.78, 5) is 25.9. The van der Waals surface area contributed by atoms with Crippen LogP contribution in [-0.4, -0.2) is 38.3 Å².